The third-order valence-corrected chi connectivity index (χ3v) is 7.94. The predicted octanol–water partition coefficient (Wildman–Crippen LogP) is 12.0. The van der Waals surface area contributed by atoms with Gasteiger partial charge in [-0.2, -0.15) is 0 Å². The molecule has 0 aliphatic heterocycles. The lowest BCUT2D eigenvalue weighted by Gasteiger charge is -2.26. The number of rotatable bonds is 8. The van der Waals surface area contributed by atoms with Crippen LogP contribution in [0.2, 0.25) is 0 Å². The fourth-order valence-electron chi connectivity index (χ4n) is 5.33. The monoisotopic (exact) mass is 570 g/mol. The molecule has 0 amide bonds. The highest BCUT2D eigenvalue weighted by atomic mass is 15.1. The van der Waals surface area contributed by atoms with E-state index >= 15 is 0 Å². The SMILES string of the molecule is Cc1ccc(N(c2ccc(C)cc2)c2ccc(/C=C/c3ccc(N(c4ccc(C)cc4)c4ccc(C)cc4)cc3)cc2)cc1. The van der Waals surface area contributed by atoms with E-state index in [1.165, 1.54) is 22.3 Å². The Morgan fingerprint density at radius 3 is 0.659 bits per heavy atom. The Morgan fingerprint density at radius 1 is 0.273 bits per heavy atom. The highest BCUT2D eigenvalue weighted by molar-refractivity contribution is 5.80. The molecule has 0 spiro atoms. The summed E-state index contributed by atoms with van der Waals surface area (Å²) in [4.78, 5) is 4.61. The summed E-state index contributed by atoms with van der Waals surface area (Å²) in [6.45, 7) is 8.50. The zero-order valence-corrected chi connectivity index (χ0v) is 25.9. The third kappa shape index (κ3) is 6.66. The van der Waals surface area contributed by atoms with E-state index in [1.807, 2.05) is 0 Å². The van der Waals surface area contributed by atoms with Gasteiger partial charge < -0.3 is 9.80 Å². The minimum atomic E-state index is 1.13. The summed E-state index contributed by atoms with van der Waals surface area (Å²) in [5.41, 5.74) is 14.2. The van der Waals surface area contributed by atoms with Gasteiger partial charge in [0.05, 0.1) is 0 Å². The van der Waals surface area contributed by atoms with Crippen molar-refractivity contribution in [3.05, 3.63) is 179 Å². The second-order valence-corrected chi connectivity index (χ2v) is 11.5. The van der Waals surface area contributed by atoms with Gasteiger partial charge in [-0.15, -0.1) is 0 Å². The van der Waals surface area contributed by atoms with E-state index in [0.29, 0.717) is 0 Å². The minimum absolute atomic E-state index is 1.13. The van der Waals surface area contributed by atoms with E-state index in [1.54, 1.807) is 0 Å². The molecule has 0 aliphatic carbocycles. The molecule has 0 saturated heterocycles. The van der Waals surface area contributed by atoms with Gasteiger partial charge in [-0.05, 0) is 112 Å². The standard InChI is InChI=1S/C42H38N2/c1-31-5-19-37(20-6-31)43(38-21-7-32(2)8-22-38)41-27-15-35(16-28-41)13-14-36-17-29-42(30-18-36)44(39-23-9-33(3)10-24-39)40-25-11-34(4)12-26-40/h5-30H,1-4H3/b14-13+. The third-order valence-electron chi connectivity index (χ3n) is 7.94. The van der Waals surface area contributed by atoms with E-state index < -0.39 is 0 Å². The molecule has 0 aliphatic rings. The number of aryl methyl sites for hydroxylation is 4. The van der Waals surface area contributed by atoms with Gasteiger partial charge in [0.1, 0.15) is 0 Å². The first-order valence-electron chi connectivity index (χ1n) is 15.2. The van der Waals surface area contributed by atoms with Gasteiger partial charge in [0.2, 0.25) is 0 Å². The molecule has 216 valence electrons. The van der Waals surface area contributed by atoms with Crippen LogP contribution in [0.3, 0.4) is 0 Å². The van der Waals surface area contributed by atoms with Crippen molar-refractivity contribution in [3.8, 4) is 0 Å². The normalized spacial score (nSPS) is 11.1. The van der Waals surface area contributed by atoms with Crippen molar-refractivity contribution in [2.45, 2.75) is 27.7 Å². The molecule has 0 aromatic heterocycles. The molecule has 2 heteroatoms. The lowest BCUT2D eigenvalue weighted by Crippen LogP contribution is -2.09. The average Bonchev–Trinajstić information content (AvgIpc) is 3.05. The van der Waals surface area contributed by atoms with Crippen molar-refractivity contribution in [1.29, 1.82) is 0 Å². The van der Waals surface area contributed by atoms with Crippen LogP contribution in [-0.2, 0) is 0 Å². The van der Waals surface area contributed by atoms with Gasteiger partial charge in [-0.25, -0.2) is 0 Å². The molecule has 6 rings (SSSR count). The summed E-state index contributed by atoms with van der Waals surface area (Å²) in [5.74, 6) is 0. The van der Waals surface area contributed by atoms with Crippen LogP contribution in [0, 0.1) is 27.7 Å². The largest absolute Gasteiger partial charge is 0.311 e. The number of hydrogen-bond acceptors (Lipinski definition) is 2. The highest BCUT2D eigenvalue weighted by Gasteiger charge is 2.13. The first-order chi connectivity index (χ1) is 21.4. The van der Waals surface area contributed by atoms with Gasteiger partial charge in [0, 0.05) is 34.1 Å². The first kappa shape index (κ1) is 28.8. The summed E-state index contributed by atoms with van der Waals surface area (Å²) in [6, 6.07) is 52.4. The summed E-state index contributed by atoms with van der Waals surface area (Å²) in [7, 11) is 0. The van der Waals surface area contributed by atoms with E-state index in [4.69, 9.17) is 0 Å². The van der Waals surface area contributed by atoms with E-state index in [0.717, 1.165) is 45.3 Å². The number of nitrogens with zero attached hydrogens (tertiary/aromatic N) is 2. The van der Waals surface area contributed by atoms with E-state index in [9.17, 15) is 0 Å². The average molecular weight is 571 g/mol. The maximum Gasteiger partial charge on any atom is 0.0462 e. The van der Waals surface area contributed by atoms with Crippen molar-refractivity contribution < 1.29 is 0 Å². The molecule has 0 atom stereocenters. The van der Waals surface area contributed by atoms with Crippen molar-refractivity contribution in [2.24, 2.45) is 0 Å². The molecule has 0 bridgehead atoms. The van der Waals surface area contributed by atoms with Crippen molar-refractivity contribution in [2.75, 3.05) is 9.80 Å². The van der Waals surface area contributed by atoms with E-state index in [2.05, 4.69) is 195 Å². The molecule has 0 fully saturated rings. The molecule has 2 nitrogen and oxygen atoms in total. The Bertz CT molecular complexity index is 1600. The van der Waals surface area contributed by atoms with Crippen LogP contribution in [0.15, 0.2) is 146 Å². The molecule has 0 heterocycles. The molecule has 0 unspecified atom stereocenters. The molecule has 0 saturated carbocycles. The second-order valence-electron chi connectivity index (χ2n) is 11.5. The fourth-order valence-corrected chi connectivity index (χ4v) is 5.33. The molecule has 0 N–H and O–H groups in total. The molecule has 6 aromatic rings. The smallest absolute Gasteiger partial charge is 0.0462 e. The van der Waals surface area contributed by atoms with Crippen LogP contribution < -0.4 is 9.80 Å². The Labute approximate surface area is 262 Å². The second kappa shape index (κ2) is 12.9. The first-order valence-corrected chi connectivity index (χ1v) is 15.2. The summed E-state index contributed by atoms with van der Waals surface area (Å²) in [6.07, 6.45) is 4.36. The zero-order chi connectivity index (χ0) is 30.5. The molecular formula is C42H38N2. The fraction of sp³-hybridized carbons (Fsp3) is 0.0952. The summed E-state index contributed by atoms with van der Waals surface area (Å²) < 4.78 is 0. The molecule has 44 heavy (non-hydrogen) atoms. The Morgan fingerprint density at radius 2 is 0.455 bits per heavy atom. The maximum atomic E-state index is 2.30. The van der Waals surface area contributed by atoms with Crippen molar-refractivity contribution >= 4 is 46.3 Å². The van der Waals surface area contributed by atoms with Gasteiger partial charge in [0.25, 0.3) is 0 Å². The number of hydrogen-bond donors (Lipinski definition) is 0. The summed E-state index contributed by atoms with van der Waals surface area (Å²) in [5, 5.41) is 0. The van der Waals surface area contributed by atoms with Gasteiger partial charge in [-0.1, -0.05) is 107 Å². The number of benzene rings is 6. The van der Waals surface area contributed by atoms with Gasteiger partial charge in [0.15, 0.2) is 0 Å². The van der Waals surface area contributed by atoms with Crippen molar-refractivity contribution in [1.82, 2.24) is 0 Å². The Kier molecular flexibility index (Phi) is 8.43. The van der Waals surface area contributed by atoms with E-state index in [-0.39, 0.29) is 0 Å². The lowest BCUT2D eigenvalue weighted by molar-refractivity contribution is 1.27. The van der Waals surface area contributed by atoms with Crippen LogP contribution in [0.5, 0.6) is 0 Å². The molecule has 0 radical (unpaired) electrons. The summed E-state index contributed by atoms with van der Waals surface area (Å²) >= 11 is 0. The topological polar surface area (TPSA) is 6.48 Å². The Hall–Kier alpha value is -5.34. The van der Waals surface area contributed by atoms with Crippen LogP contribution in [0.4, 0.5) is 34.1 Å². The van der Waals surface area contributed by atoms with Crippen LogP contribution in [0.1, 0.15) is 33.4 Å². The van der Waals surface area contributed by atoms with Crippen LogP contribution in [-0.4, -0.2) is 0 Å². The molecular weight excluding hydrogens is 532 g/mol. The van der Waals surface area contributed by atoms with Gasteiger partial charge >= 0.3 is 0 Å². The molecule has 6 aromatic carbocycles. The van der Waals surface area contributed by atoms with Gasteiger partial charge in [-0.3, -0.25) is 0 Å². The van der Waals surface area contributed by atoms with Crippen LogP contribution >= 0.6 is 0 Å². The highest BCUT2D eigenvalue weighted by Crippen LogP contribution is 2.36. The Balaban J connectivity index is 1.23. The maximum absolute atomic E-state index is 2.30. The van der Waals surface area contributed by atoms with Crippen LogP contribution in [0.25, 0.3) is 12.2 Å². The predicted molar refractivity (Wildman–Crippen MR) is 190 cm³/mol. The lowest BCUT2D eigenvalue weighted by atomic mass is 10.1. The minimum Gasteiger partial charge on any atom is -0.311 e. The number of anilines is 6. The zero-order valence-electron chi connectivity index (χ0n) is 25.9. The van der Waals surface area contributed by atoms with Crippen molar-refractivity contribution in [3.63, 3.8) is 0 Å². The quantitative estimate of drug-likeness (QED) is 0.168.